The number of nitrogens with two attached hydrogens (primary N) is 2. The van der Waals surface area contributed by atoms with Gasteiger partial charge in [-0.2, -0.15) is 0 Å². The van der Waals surface area contributed by atoms with Gasteiger partial charge < -0.3 is 11.5 Å². The van der Waals surface area contributed by atoms with E-state index >= 15 is 0 Å². The van der Waals surface area contributed by atoms with Crippen molar-refractivity contribution in [3.8, 4) is 23.7 Å². The van der Waals surface area contributed by atoms with Crippen LogP contribution in [0, 0.1) is 23.7 Å². The molecule has 0 radical (unpaired) electrons. The van der Waals surface area contributed by atoms with Crippen molar-refractivity contribution >= 4 is 43.7 Å². The number of anilines is 2. The molecule has 0 fully saturated rings. The van der Waals surface area contributed by atoms with E-state index in [-0.39, 0.29) is 0 Å². The Hall–Kier alpha value is -4.92. The molecule has 6 aromatic rings. The number of rotatable bonds is 0. The molecule has 2 heteroatoms. The zero-order valence-corrected chi connectivity index (χ0v) is 18.4. The van der Waals surface area contributed by atoms with Gasteiger partial charge in [0, 0.05) is 33.6 Å². The Labute approximate surface area is 198 Å². The highest BCUT2D eigenvalue weighted by Crippen LogP contribution is 2.37. The normalized spacial score (nSPS) is 10.7. The molecule has 0 spiro atoms. The number of hydrogen-bond acceptors (Lipinski definition) is 2. The van der Waals surface area contributed by atoms with Crippen molar-refractivity contribution in [3.05, 3.63) is 119 Å². The predicted octanol–water partition coefficient (Wildman–Crippen LogP) is 6.55. The standard InChI is InChI=1S/C32H20N2/c33-27-15-3-21(4-16-27)1-7-23-9-11-25-13-14-26-12-10-24(8-2-22-5-17-28(34)18-6-22)30-20-19-29(23)31(25)32(26)30/h3-6,9-20H,33-34H2. The lowest BCUT2D eigenvalue weighted by Crippen LogP contribution is -1.89. The van der Waals surface area contributed by atoms with Crippen LogP contribution in [0.25, 0.3) is 32.3 Å². The first-order chi connectivity index (χ1) is 16.7. The summed E-state index contributed by atoms with van der Waals surface area (Å²) >= 11 is 0. The smallest absolute Gasteiger partial charge is 0.0328 e. The maximum atomic E-state index is 5.80. The van der Waals surface area contributed by atoms with Crippen molar-refractivity contribution in [2.75, 3.05) is 11.5 Å². The summed E-state index contributed by atoms with van der Waals surface area (Å²) in [4.78, 5) is 0. The summed E-state index contributed by atoms with van der Waals surface area (Å²) in [5.74, 6) is 13.3. The number of nitrogen functional groups attached to an aromatic ring is 2. The van der Waals surface area contributed by atoms with Crippen LogP contribution in [-0.2, 0) is 0 Å². The Morgan fingerprint density at radius 2 is 0.765 bits per heavy atom. The van der Waals surface area contributed by atoms with Gasteiger partial charge in [0.05, 0.1) is 0 Å². The van der Waals surface area contributed by atoms with E-state index in [0.29, 0.717) is 0 Å². The van der Waals surface area contributed by atoms with Gasteiger partial charge in [-0.3, -0.25) is 0 Å². The Balaban J connectivity index is 1.53. The molecule has 0 atom stereocenters. The summed E-state index contributed by atoms with van der Waals surface area (Å²) in [6.07, 6.45) is 0. The van der Waals surface area contributed by atoms with Gasteiger partial charge in [-0.15, -0.1) is 0 Å². The van der Waals surface area contributed by atoms with Gasteiger partial charge in [0.1, 0.15) is 0 Å². The molecule has 0 aromatic heterocycles. The second kappa shape index (κ2) is 7.89. The molecule has 158 valence electrons. The Bertz CT molecular complexity index is 1670. The molecule has 0 heterocycles. The molecular formula is C32H20N2. The van der Waals surface area contributed by atoms with Crippen molar-refractivity contribution in [3.63, 3.8) is 0 Å². The molecule has 0 aliphatic rings. The lowest BCUT2D eigenvalue weighted by Gasteiger charge is -2.13. The minimum Gasteiger partial charge on any atom is -0.399 e. The van der Waals surface area contributed by atoms with E-state index in [2.05, 4.69) is 72.2 Å². The molecule has 0 bridgehead atoms. The molecule has 6 rings (SSSR count). The largest absolute Gasteiger partial charge is 0.399 e. The van der Waals surface area contributed by atoms with Crippen LogP contribution in [0.15, 0.2) is 97.1 Å². The Morgan fingerprint density at radius 1 is 0.382 bits per heavy atom. The molecule has 0 aliphatic carbocycles. The first-order valence-corrected chi connectivity index (χ1v) is 11.1. The van der Waals surface area contributed by atoms with Gasteiger partial charge in [-0.1, -0.05) is 60.1 Å². The quantitative estimate of drug-likeness (QED) is 0.162. The zero-order valence-electron chi connectivity index (χ0n) is 18.4. The fraction of sp³-hybridized carbons (Fsp3) is 0. The van der Waals surface area contributed by atoms with Crippen LogP contribution in [0.3, 0.4) is 0 Å². The minimum atomic E-state index is 0.739. The van der Waals surface area contributed by atoms with Gasteiger partial charge >= 0.3 is 0 Å². The van der Waals surface area contributed by atoms with Crippen molar-refractivity contribution in [2.24, 2.45) is 0 Å². The summed E-state index contributed by atoms with van der Waals surface area (Å²) < 4.78 is 0. The highest BCUT2D eigenvalue weighted by Gasteiger charge is 2.12. The second-order valence-corrected chi connectivity index (χ2v) is 8.39. The minimum absolute atomic E-state index is 0.739. The summed E-state index contributed by atoms with van der Waals surface area (Å²) in [6.45, 7) is 0. The zero-order chi connectivity index (χ0) is 23.1. The molecule has 34 heavy (non-hydrogen) atoms. The SMILES string of the molecule is Nc1ccc(C#Cc2ccc3ccc4ccc(C#Cc5ccc(N)cc5)c5ccc2c3c45)cc1. The van der Waals surface area contributed by atoms with E-state index in [1.807, 2.05) is 48.5 Å². The predicted molar refractivity (Wildman–Crippen MR) is 144 cm³/mol. The van der Waals surface area contributed by atoms with Crippen LogP contribution in [0.2, 0.25) is 0 Å². The fourth-order valence-corrected chi connectivity index (χ4v) is 4.43. The average molecular weight is 433 g/mol. The van der Waals surface area contributed by atoms with Gasteiger partial charge in [0.15, 0.2) is 0 Å². The van der Waals surface area contributed by atoms with Gasteiger partial charge in [0.25, 0.3) is 0 Å². The molecule has 4 N–H and O–H groups in total. The van der Waals surface area contributed by atoms with Gasteiger partial charge in [0.2, 0.25) is 0 Å². The van der Waals surface area contributed by atoms with Crippen molar-refractivity contribution < 1.29 is 0 Å². The van der Waals surface area contributed by atoms with Crippen molar-refractivity contribution in [2.45, 2.75) is 0 Å². The van der Waals surface area contributed by atoms with Crippen LogP contribution in [0.5, 0.6) is 0 Å². The van der Waals surface area contributed by atoms with Crippen LogP contribution in [0.4, 0.5) is 11.4 Å². The molecule has 0 saturated carbocycles. The third-order valence-corrected chi connectivity index (χ3v) is 6.17. The Morgan fingerprint density at radius 3 is 1.18 bits per heavy atom. The van der Waals surface area contributed by atoms with Crippen LogP contribution in [0.1, 0.15) is 22.3 Å². The molecule has 0 unspecified atom stereocenters. The molecular weight excluding hydrogens is 412 g/mol. The summed E-state index contributed by atoms with van der Waals surface area (Å²) in [5, 5.41) is 7.18. The summed E-state index contributed by atoms with van der Waals surface area (Å²) in [5.41, 5.74) is 17.0. The van der Waals surface area contributed by atoms with Crippen molar-refractivity contribution in [1.82, 2.24) is 0 Å². The van der Waals surface area contributed by atoms with E-state index in [1.165, 1.54) is 21.5 Å². The maximum absolute atomic E-state index is 5.80. The van der Waals surface area contributed by atoms with Gasteiger partial charge in [-0.05, 0) is 93.0 Å². The first kappa shape index (κ1) is 19.7. The number of hydrogen-bond donors (Lipinski definition) is 2. The topological polar surface area (TPSA) is 52.0 Å². The molecule has 0 saturated heterocycles. The van der Waals surface area contributed by atoms with E-state index in [9.17, 15) is 0 Å². The van der Waals surface area contributed by atoms with Crippen LogP contribution < -0.4 is 11.5 Å². The van der Waals surface area contributed by atoms with E-state index in [0.717, 1.165) is 44.4 Å². The van der Waals surface area contributed by atoms with Crippen LogP contribution in [-0.4, -0.2) is 0 Å². The monoisotopic (exact) mass is 432 g/mol. The summed E-state index contributed by atoms with van der Waals surface area (Å²) in [6, 6.07) is 32.5. The van der Waals surface area contributed by atoms with E-state index < -0.39 is 0 Å². The molecule has 0 aliphatic heterocycles. The van der Waals surface area contributed by atoms with E-state index in [1.54, 1.807) is 0 Å². The second-order valence-electron chi connectivity index (χ2n) is 8.39. The molecule has 6 aromatic carbocycles. The number of benzene rings is 6. The third-order valence-electron chi connectivity index (χ3n) is 6.17. The third kappa shape index (κ3) is 3.45. The highest BCUT2D eigenvalue weighted by atomic mass is 14.5. The lowest BCUT2D eigenvalue weighted by atomic mass is 9.90. The highest BCUT2D eigenvalue weighted by molar-refractivity contribution is 6.24. The maximum Gasteiger partial charge on any atom is 0.0328 e. The van der Waals surface area contributed by atoms with E-state index in [4.69, 9.17) is 11.5 Å². The lowest BCUT2D eigenvalue weighted by molar-refractivity contribution is 1.63. The van der Waals surface area contributed by atoms with Crippen LogP contribution >= 0.6 is 0 Å². The molecule has 0 amide bonds. The average Bonchev–Trinajstić information content (AvgIpc) is 2.87. The van der Waals surface area contributed by atoms with Gasteiger partial charge in [-0.25, -0.2) is 0 Å². The van der Waals surface area contributed by atoms with Crippen molar-refractivity contribution in [1.29, 1.82) is 0 Å². The first-order valence-electron chi connectivity index (χ1n) is 11.1. The fourth-order valence-electron chi connectivity index (χ4n) is 4.43. The molecule has 2 nitrogen and oxygen atoms in total. The summed E-state index contributed by atoms with van der Waals surface area (Å²) in [7, 11) is 0. The Kier molecular flexibility index (Phi) is 4.58.